The molecule has 3 N–H and O–H groups in total. The van der Waals surface area contributed by atoms with Crippen molar-refractivity contribution in [2.24, 2.45) is 0 Å². The van der Waals surface area contributed by atoms with E-state index >= 15 is 0 Å². The lowest BCUT2D eigenvalue weighted by Crippen LogP contribution is -2.38. The summed E-state index contributed by atoms with van der Waals surface area (Å²) in [4.78, 5) is 15.7. The molecule has 2 aromatic carbocycles. The molecule has 11 heteroatoms. The maximum absolute atomic E-state index is 8.56. The molecule has 6 rings (SSSR count). The number of hydrogen-bond donors (Lipinski definition) is 3. The number of hydrogen-bond acceptors (Lipinski definition) is 8. The van der Waals surface area contributed by atoms with Crippen molar-refractivity contribution in [3.8, 4) is 22.9 Å². The standard InChI is InChI=1S/C31H38N4O4.CH2O3/c1-3-36-28-18-22(19-29(37-4-2)30(28)35-14-5-6-15-35)21-34-16-12-23(13-17-34)32-31-33-26-20-25(10-11-27(26)39-31)38-24-8-7-9-24;2-1(3)4/h5-6,10-11,14-15,18-20,23-24H,3-4,7-9,12-13,16-17,21H2,1-2H3,(H,32,33);(H2,2,3,4). The summed E-state index contributed by atoms with van der Waals surface area (Å²) in [5.74, 6) is 2.58. The zero-order chi connectivity index (χ0) is 30.2. The summed E-state index contributed by atoms with van der Waals surface area (Å²) in [6, 6.07) is 15.2. The first-order valence-electron chi connectivity index (χ1n) is 15.0. The minimum absolute atomic E-state index is 0.328. The summed E-state index contributed by atoms with van der Waals surface area (Å²) in [6.07, 6.45) is 8.15. The molecule has 4 aromatic rings. The zero-order valence-corrected chi connectivity index (χ0v) is 24.7. The van der Waals surface area contributed by atoms with E-state index in [1.807, 2.05) is 56.6 Å². The molecule has 1 saturated heterocycles. The average Bonchev–Trinajstić information content (AvgIpc) is 3.62. The first kappa shape index (κ1) is 30.1. The van der Waals surface area contributed by atoms with Gasteiger partial charge in [-0.1, -0.05) is 0 Å². The van der Waals surface area contributed by atoms with Gasteiger partial charge in [0.1, 0.15) is 28.5 Å². The van der Waals surface area contributed by atoms with Crippen molar-refractivity contribution in [1.82, 2.24) is 14.5 Å². The van der Waals surface area contributed by atoms with E-state index < -0.39 is 6.16 Å². The van der Waals surface area contributed by atoms with E-state index in [1.54, 1.807) is 0 Å². The Morgan fingerprint density at radius 3 is 2.23 bits per heavy atom. The van der Waals surface area contributed by atoms with Gasteiger partial charge in [-0.15, -0.1) is 0 Å². The molecule has 43 heavy (non-hydrogen) atoms. The van der Waals surface area contributed by atoms with Crippen LogP contribution in [0.25, 0.3) is 16.8 Å². The largest absolute Gasteiger partial charge is 0.503 e. The van der Waals surface area contributed by atoms with Gasteiger partial charge in [-0.25, -0.2) is 4.79 Å². The number of fused-ring (bicyclic) bond motifs is 1. The Labute approximate surface area is 251 Å². The molecule has 11 nitrogen and oxygen atoms in total. The van der Waals surface area contributed by atoms with E-state index in [0.29, 0.717) is 31.4 Å². The lowest BCUT2D eigenvalue weighted by Gasteiger charge is -2.32. The Morgan fingerprint density at radius 1 is 1.00 bits per heavy atom. The number of oxazole rings is 1. The minimum Gasteiger partial charge on any atom is -0.492 e. The van der Waals surface area contributed by atoms with E-state index in [9.17, 15) is 0 Å². The number of piperidine rings is 1. The Hall–Kier alpha value is -4.38. The number of aromatic nitrogens is 2. The van der Waals surface area contributed by atoms with Crippen molar-refractivity contribution < 1.29 is 33.6 Å². The second kappa shape index (κ2) is 14.2. The Kier molecular flexibility index (Phi) is 9.93. The van der Waals surface area contributed by atoms with Gasteiger partial charge in [-0.2, -0.15) is 4.98 Å². The van der Waals surface area contributed by atoms with Crippen LogP contribution in [0.2, 0.25) is 0 Å². The maximum Gasteiger partial charge on any atom is 0.503 e. The Balaban J connectivity index is 0.000000868. The number of nitrogens with one attached hydrogen (secondary N) is 1. The SMILES string of the molecule is CCOc1cc(CN2CCC(Nc3nc4cc(OC5CCC5)ccc4o3)CC2)cc(OCC)c1-n1cccc1.O=C(O)O. The molecule has 1 saturated carbocycles. The molecule has 0 radical (unpaired) electrons. The van der Waals surface area contributed by atoms with Crippen molar-refractivity contribution in [3.63, 3.8) is 0 Å². The third-order valence-electron chi connectivity index (χ3n) is 7.60. The molecule has 0 unspecified atom stereocenters. The Morgan fingerprint density at radius 2 is 1.65 bits per heavy atom. The van der Waals surface area contributed by atoms with Crippen molar-refractivity contribution in [2.75, 3.05) is 31.6 Å². The molecule has 2 aromatic heterocycles. The van der Waals surface area contributed by atoms with Gasteiger partial charge in [0.05, 0.1) is 19.3 Å². The predicted molar refractivity (Wildman–Crippen MR) is 163 cm³/mol. The number of carboxylic acid groups (broad SMARTS) is 2. The molecule has 1 aliphatic heterocycles. The van der Waals surface area contributed by atoms with Crippen LogP contribution in [0, 0.1) is 0 Å². The van der Waals surface area contributed by atoms with Gasteiger partial charge in [0.2, 0.25) is 0 Å². The molecule has 0 atom stereocenters. The highest BCUT2D eigenvalue weighted by molar-refractivity contribution is 5.76. The average molecular weight is 593 g/mol. The number of carbonyl (C=O) groups is 1. The fraction of sp³-hybridized carbons (Fsp3) is 0.438. The Bertz CT molecular complexity index is 1440. The number of ether oxygens (including phenoxy) is 3. The second-order valence-electron chi connectivity index (χ2n) is 10.7. The number of likely N-dealkylation sites (tertiary alicyclic amines) is 1. The van der Waals surface area contributed by atoms with E-state index in [2.05, 4.69) is 31.9 Å². The molecule has 2 fully saturated rings. The molecule has 0 bridgehead atoms. The lowest BCUT2D eigenvalue weighted by molar-refractivity contribution is 0.120. The van der Waals surface area contributed by atoms with Crippen LogP contribution in [0.5, 0.6) is 17.2 Å². The van der Waals surface area contributed by atoms with Crippen LogP contribution in [0.4, 0.5) is 10.8 Å². The van der Waals surface area contributed by atoms with Crippen LogP contribution >= 0.6 is 0 Å². The van der Waals surface area contributed by atoms with Crippen molar-refractivity contribution in [1.29, 1.82) is 0 Å². The van der Waals surface area contributed by atoms with E-state index in [1.165, 1.54) is 12.0 Å². The van der Waals surface area contributed by atoms with E-state index in [4.69, 9.17) is 33.6 Å². The van der Waals surface area contributed by atoms with Crippen LogP contribution in [0.3, 0.4) is 0 Å². The molecular formula is C32H40N4O7. The highest BCUT2D eigenvalue weighted by atomic mass is 16.6. The fourth-order valence-corrected chi connectivity index (χ4v) is 5.39. The van der Waals surface area contributed by atoms with Crippen molar-refractivity contribution >= 4 is 23.3 Å². The van der Waals surface area contributed by atoms with Crippen LogP contribution in [-0.4, -0.2) is 69.3 Å². The van der Waals surface area contributed by atoms with Gasteiger partial charge in [-0.3, -0.25) is 4.90 Å². The van der Waals surface area contributed by atoms with Gasteiger partial charge in [0.25, 0.3) is 6.01 Å². The summed E-state index contributed by atoms with van der Waals surface area (Å²) < 4.78 is 26.2. The highest BCUT2D eigenvalue weighted by Gasteiger charge is 2.23. The minimum atomic E-state index is -1.83. The van der Waals surface area contributed by atoms with Crippen LogP contribution in [-0.2, 0) is 6.54 Å². The van der Waals surface area contributed by atoms with E-state index in [-0.39, 0.29) is 0 Å². The van der Waals surface area contributed by atoms with Gasteiger partial charge in [-0.05, 0) is 87.9 Å². The number of benzene rings is 2. The lowest BCUT2D eigenvalue weighted by atomic mass is 9.96. The summed E-state index contributed by atoms with van der Waals surface area (Å²) in [5.41, 5.74) is 3.78. The molecule has 230 valence electrons. The summed E-state index contributed by atoms with van der Waals surface area (Å²) in [5, 5.41) is 17.5. The van der Waals surface area contributed by atoms with Crippen molar-refractivity contribution in [2.45, 2.75) is 64.6 Å². The smallest absolute Gasteiger partial charge is 0.492 e. The van der Waals surface area contributed by atoms with Crippen LogP contribution < -0.4 is 19.5 Å². The molecule has 1 aliphatic carbocycles. The monoisotopic (exact) mass is 592 g/mol. The molecule has 3 heterocycles. The first-order valence-corrected chi connectivity index (χ1v) is 15.0. The molecule has 2 aliphatic rings. The summed E-state index contributed by atoms with van der Waals surface area (Å²) in [7, 11) is 0. The summed E-state index contributed by atoms with van der Waals surface area (Å²) in [6.45, 7) is 8.07. The van der Waals surface area contributed by atoms with Crippen molar-refractivity contribution in [3.05, 3.63) is 60.4 Å². The molecule has 0 spiro atoms. The number of nitrogens with zero attached hydrogens (tertiary/aromatic N) is 3. The fourth-order valence-electron chi connectivity index (χ4n) is 5.39. The topological polar surface area (TPSA) is 131 Å². The molecular weight excluding hydrogens is 552 g/mol. The predicted octanol–water partition coefficient (Wildman–Crippen LogP) is 6.65. The quantitative estimate of drug-likeness (QED) is 0.174. The van der Waals surface area contributed by atoms with Gasteiger partial charge >= 0.3 is 6.16 Å². The number of anilines is 1. The van der Waals surface area contributed by atoms with Gasteiger partial charge in [0, 0.05) is 44.1 Å². The number of rotatable bonds is 11. The molecule has 0 amide bonds. The normalized spacial score (nSPS) is 15.8. The van der Waals surface area contributed by atoms with Gasteiger partial charge in [0.15, 0.2) is 5.58 Å². The van der Waals surface area contributed by atoms with Crippen LogP contribution in [0.1, 0.15) is 51.5 Å². The summed E-state index contributed by atoms with van der Waals surface area (Å²) >= 11 is 0. The first-order chi connectivity index (χ1) is 20.9. The zero-order valence-electron chi connectivity index (χ0n) is 24.7. The third-order valence-corrected chi connectivity index (χ3v) is 7.60. The third kappa shape index (κ3) is 7.92. The highest BCUT2D eigenvalue weighted by Crippen LogP contribution is 2.36. The van der Waals surface area contributed by atoms with Crippen LogP contribution in [0.15, 0.2) is 59.3 Å². The van der Waals surface area contributed by atoms with E-state index in [0.717, 1.165) is 79.4 Å². The second-order valence-corrected chi connectivity index (χ2v) is 10.7. The van der Waals surface area contributed by atoms with Gasteiger partial charge < -0.3 is 38.7 Å². The maximum atomic E-state index is 8.56.